The molecule has 1 aliphatic heterocycles. The van der Waals surface area contributed by atoms with Gasteiger partial charge in [-0.25, -0.2) is 0 Å². The van der Waals surface area contributed by atoms with Crippen LogP contribution in [0.1, 0.15) is 6.42 Å². The van der Waals surface area contributed by atoms with E-state index in [0.717, 1.165) is 15.0 Å². The Hall–Kier alpha value is 0.609. The van der Waals surface area contributed by atoms with E-state index in [2.05, 4.69) is 11.2 Å². The SMILES string of the molecule is CSC1=C[Se]CC1. The zero-order valence-electron chi connectivity index (χ0n) is 4.31. The molecular formula is C5H8SSe. The molecule has 0 aromatic heterocycles. The van der Waals surface area contributed by atoms with Gasteiger partial charge in [0.25, 0.3) is 0 Å². The maximum absolute atomic E-state index is 2.40. The third-order valence-electron chi connectivity index (χ3n) is 0.943. The van der Waals surface area contributed by atoms with E-state index in [-0.39, 0.29) is 0 Å². The molecular weight excluding hydrogens is 171 g/mol. The molecule has 0 fully saturated rings. The Kier molecular flexibility index (Phi) is 2.30. The quantitative estimate of drug-likeness (QED) is 0.552. The molecule has 0 bridgehead atoms. The van der Waals surface area contributed by atoms with Crippen LogP contribution in [0.25, 0.3) is 0 Å². The van der Waals surface area contributed by atoms with Gasteiger partial charge in [0.15, 0.2) is 0 Å². The van der Waals surface area contributed by atoms with Gasteiger partial charge in [-0.3, -0.25) is 0 Å². The molecule has 7 heavy (non-hydrogen) atoms. The van der Waals surface area contributed by atoms with Gasteiger partial charge in [-0.1, -0.05) is 0 Å². The van der Waals surface area contributed by atoms with Crippen LogP contribution < -0.4 is 0 Å². The molecule has 0 aromatic carbocycles. The fraction of sp³-hybridized carbons (Fsp3) is 0.600. The minimum atomic E-state index is 0.859. The first-order valence-electron chi connectivity index (χ1n) is 2.28. The zero-order valence-corrected chi connectivity index (χ0v) is 6.84. The van der Waals surface area contributed by atoms with Gasteiger partial charge in [0, 0.05) is 0 Å². The Morgan fingerprint density at radius 1 is 1.86 bits per heavy atom. The fourth-order valence-corrected chi connectivity index (χ4v) is 3.77. The first-order valence-corrected chi connectivity index (χ1v) is 5.70. The van der Waals surface area contributed by atoms with Gasteiger partial charge in [0.05, 0.1) is 0 Å². The van der Waals surface area contributed by atoms with Gasteiger partial charge in [-0.2, -0.15) is 0 Å². The van der Waals surface area contributed by atoms with Gasteiger partial charge in [-0.15, -0.1) is 0 Å². The summed E-state index contributed by atoms with van der Waals surface area (Å²) < 4.78 is 0. The van der Waals surface area contributed by atoms with Gasteiger partial charge < -0.3 is 0 Å². The second kappa shape index (κ2) is 2.81. The van der Waals surface area contributed by atoms with Crippen molar-refractivity contribution >= 4 is 26.7 Å². The van der Waals surface area contributed by atoms with E-state index < -0.39 is 0 Å². The third kappa shape index (κ3) is 1.52. The van der Waals surface area contributed by atoms with E-state index in [9.17, 15) is 0 Å². The van der Waals surface area contributed by atoms with E-state index >= 15 is 0 Å². The van der Waals surface area contributed by atoms with Crippen molar-refractivity contribution in [1.82, 2.24) is 0 Å². The van der Waals surface area contributed by atoms with Crippen molar-refractivity contribution in [1.29, 1.82) is 0 Å². The average molecular weight is 179 g/mol. The van der Waals surface area contributed by atoms with E-state index in [1.807, 2.05) is 11.8 Å². The summed E-state index contributed by atoms with van der Waals surface area (Å²) in [5.74, 6) is 0. The van der Waals surface area contributed by atoms with Crippen LogP contribution in [-0.2, 0) is 0 Å². The maximum atomic E-state index is 2.40. The van der Waals surface area contributed by atoms with E-state index in [1.54, 1.807) is 4.91 Å². The molecule has 2 heteroatoms. The predicted octanol–water partition coefficient (Wildman–Crippen LogP) is 1.72. The van der Waals surface area contributed by atoms with Gasteiger partial charge >= 0.3 is 54.6 Å². The molecule has 0 atom stereocenters. The third-order valence-corrected chi connectivity index (χ3v) is 4.00. The van der Waals surface area contributed by atoms with Crippen LogP contribution >= 0.6 is 11.8 Å². The van der Waals surface area contributed by atoms with Crippen LogP contribution in [0.2, 0.25) is 5.32 Å². The molecule has 0 saturated carbocycles. The molecule has 0 unspecified atom stereocenters. The molecule has 0 radical (unpaired) electrons. The Morgan fingerprint density at radius 3 is 3.00 bits per heavy atom. The Morgan fingerprint density at radius 2 is 2.71 bits per heavy atom. The Balaban J connectivity index is 2.36. The van der Waals surface area contributed by atoms with Gasteiger partial charge in [0.1, 0.15) is 0 Å². The van der Waals surface area contributed by atoms with Crippen molar-refractivity contribution in [2.75, 3.05) is 6.26 Å². The monoisotopic (exact) mass is 180 g/mol. The summed E-state index contributed by atoms with van der Waals surface area (Å²) >= 11 is 2.77. The molecule has 1 heterocycles. The summed E-state index contributed by atoms with van der Waals surface area (Å²) in [6, 6.07) is 0. The number of hydrogen-bond acceptors (Lipinski definition) is 1. The van der Waals surface area contributed by atoms with E-state index in [1.165, 1.54) is 11.7 Å². The van der Waals surface area contributed by atoms with E-state index in [4.69, 9.17) is 0 Å². The molecule has 1 aliphatic rings. The summed E-state index contributed by atoms with van der Waals surface area (Å²) in [5, 5.41) is 1.45. The number of thioether (sulfide) groups is 1. The van der Waals surface area contributed by atoms with Crippen molar-refractivity contribution < 1.29 is 0 Å². The van der Waals surface area contributed by atoms with E-state index in [0.29, 0.717) is 0 Å². The van der Waals surface area contributed by atoms with Crippen LogP contribution in [0.3, 0.4) is 0 Å². The standard InChI is InChI=1S/C5H8SSe/c1-6-5-2-3-7-4-5/h4H,2-3H2,1H3. The fourth-order valence-electron chi connectivity index (χ4n) is 0.520. The molecule has 0 spiro atoms. The van der Waals surface area contributed by atoms with Crippen molar-refractivity contribution in [3.8, 4) is 0 Å². The number of hydrogen-bond donors (Lipinski definition) is 0. The Labute approximate surface area is 54.9 Å². The van der Waals surface area contributed by atoms with Crippen LogP contribution in [0, 0.1) is 0 Å². The summed E-state index contributed by atoms with van der Waals surface area (Å²) in [5.41, 5.74) is 0. The molecule has 0 aromatic rings. The Bertz CT molecular complexity index is 88.1. The predicted molar refractivity (Wildman–Crippen MR) is 36.8 cm³/mol. The topological polar surface area (TPSA) is 0 Å². The summed E-state index contributed by atoms with van der Waals surface area (Å²) in [4.78, 5) is 4.01. The van der Waals surface area contributed by atoms with Crippen LogP contribution in [-0.4, -0.2) is 21.2 Å². The first-order chi connectivity index (χ1) is 3.43. The summed E-state index contributed by atoms with van der Waals surface area (Å²) in [7, 11) is 0. The normalized spacial score (nSPS) is 19.9. The van der Waals surface area contributed by atoms with Gasteiger partial charge in [0.2, 0.25) is 0 Å². The van der Waals surface area contributed by atoms with Gasteiger partial charge in [-0.05, 0) is 0 Å². The summed E-state index contributed by atoms with van der Waals surface area (Å²) in [6.07, 6.45) is 3.52. The molecule has 0 saturated heterocycles. The number of allylic oxidation sites excluding steroid dienone is 1. The second-order valence-electron chi connectivity index (χ2n) is 1.41. The molecule has 40 valence electrons. The number of rotatable bonds is 1. The first kappa shape index (κ1) is 5.74. The molecule has 0 aliphatic carbocycles. The van der Waals surface area contributed by atoms with Crippen molar-refractivity contribution in [3.05, 3.63) is 9.88 Å². The van der Waals surface area contributed by atoms with Crippen LogP contribution in [0.4, 0.5) is 0 Å². The van der Waals surface area contributed by atoms with Crippen molar-refractivity contribution in [3.63, 3.8) is 0 Å². The van der Waals surface area contributed by atoms with Crippen LogP contribution in [0.15, 0.2) is 9.88 Å². The van der Waals surface area contributed by atoms with Crippen molar-refractivity contribution in [2.45, 2.75) is 11.7 Å². The molecule has 1 rings (SSSR count). The minimum absolute atomic E-state index is 0.859. The second-order valence-corrected chi connectivity index (χ2v) is 4.39. The molecule has 0 amide bonds. The average Bonchev–Trinajstić information content (AvgIpc) is 2.14. The van der Waals surface area contributed by atoms with Crippen molar-refractivity contribution in [2.24, 2.45) is 0 Å². The molecule has 0 N–H and O–H groups in total. The zero-order chi connectivity index (χ0) is 5.11. The summed E-state index contributed by atoms with van der Waals surface area (Å²) in [6.45, 7) is 0. The van der Waals surface area contributed by atoms with Crippen LogP contribution in [0.5, 0.6) is 0 Å². The molecule has 0 nitrogen and oxygen atoms in total.